The maximum absolute atomic E-state index is 11.7. The van der Waals surface area contributed by atoms with Crippen LogP contribution in [0.15, 0.2) is 23.1 Å². The zero-order chi connectivity index (χ0) is 15.8. The molecule has 1 aliphatic rings. The third kappa shape index (κ3) is 2.82. The molecule has 9 heteroatoms. The predicted octanol–water partition coefficient (Wildman–Crippen LogP) is 1.05. The highest BCUT2D eigenvalue weighted by Gasteiger charge is 2.36. The lowest BCUT2D eigenvalue weighted by molar-refractivity contribution is -0.387. The number of hydrogen-bond acceptors (Lipinski definition) is 6. The maximum Gasteiger partial charge on any atom is 0.326 e. The van der Waals surface area contributed by atoms with Gasteiger partial charge in [0.1, 0.15) is 16.6 Å². The van der Waals surface area contributed by atoms with Gasteiger partial charge in [-0.3, -0.25) is 10.1 Å². The minimum Gasteiger partial charge on any atom is -0.480 e. The van der Waals surface area contributed by atoms with Crippen molar-refractivity contribution in [3.63, 3.8) is 0 Å². The van der Waals surface area contributed by atoms with Gasteiger partial charge in [-0.25, -0.2) is 13.2 Å². The quantitative estimate of drug-likeness (QED) is 0.651. The number of carbonyl (C=O) groups is 1. The van der Waals surface area contributed by atoms with Crippen LogP contribution in [0.4, 0.5) is 11.4 Å². The molecule has 114 valence electrons. The van der Waals surface area contributed by atoms with Crippen molar-refractivity contribution in [1.29, 1.82) is 0 Å². The van der Waals surface area contributed by atoms with Crippen LogP contribution in [0.5, 0.6) is 0 Å². The van der Waals surface area contributed by atoms with Crippen molar-refractivity contribution in [3.8, 4) is 0 Å². The second-order valence-electron chi connectivity index (χ2n) is 4.84. The maximum atomic E-state index is 11.7. The van der Waals surface area contributed by atoms with Crippen molar-refractivity contribution < 1.29 is 23.2 Å². The van der Waals surface area contributed by atoms with Gasteiger partial charge in [0.2, 0.25) is 0 Å². The summed E-state index contributed by atoms with van der Waals surface area (Å²) in [5.74, 6) is -1.08. The van der Waals surface area contributed by atoms with Crippen LogP contribution in [0.25, 0.3) is 0 Å². The lowest BCUT2D eigenvalue weighted by atomic mass is 10.2. The fourth-order valence-corrected chi connectivity index (χ4v) is 3.39. The largest absolute Gasteiger partial charge is 0.480 e. The van der Waals surface area contributed by atoms with Crippen LogP contribution >= 0.6 is 0 Å². The third-order valence-electron chi connectivity index (χ3n) is 3.41. The number of hydrogen-bond donors (Lipinski definition) is 1. The Labute approximate surface area is 121 Å². The lowest BCUT2D eigenvalue weighted by Crippen LogP contribution is -2.36. The SMILES string of the molecule is CS(=O)(=O)c1cccc(N2CCCC2C(=O)O)c1[N+](=O)[O-]. The molecule has 0 spiro atoms. The zero-order valence-corrected chi connectivity index (χ0v) is 12.0. The predicted molar refractivity (Wildman–Crippen MR) is 74.2 cm³/mol. The van der Waals surface area contributed by atoms with Gasteiger partial charge < -0.3 is 10.0 Å². The summed E-state index contributed by atoms with van der Waals surface area (Å²) >= 11 is 0. The van der Waals surface area contributed by atoms with Gasteiger partial charge in [0.25, 0.3) is 0 Å². The van der Waals surface area contributed by atoms with E-state index in [-0.39, 0.29) is 5.69 Å². The molecule has 1 N–H and O–H groups in total. The monoisotopic (exact) mass is 314 g/mol. The smallest absolute Gasteiger partial charge is 0.326 e. The highest BCUT2D eigenvalue weighted by molar-refractivity contribution is 7.90. The van der Waals surface area contributed by atoms with E-state index in [9.17, 15) is 28.4 Å². The highest BCUT2D eigenvalue weighted by Crippen LogP contribution is 2.38. The average molecular weight is 314 g/mol. The van der Waals surface area contributed by atoms with E-state index in [4.69, 9.17) is 0 Å². The van der Waals surface area contributed by atoms with Crippen LogP contribution in [-0.4, -0.2) is 43.3 Å². The second kappa shape index (κ2) is 5.32. The first-order valence-corrected chi connectivity index (χ1v) is 8.09. The van der Waals surface area contributed by atoms with Gasteiger partial charge in [-0.05, 0) is 25.0 Å². The molecular formula is C12H14N2O6S. The Hall–Kier alpha value is -2.16. The third-order valence-corrected chi connectivity index (χ3v) is 4.54. The number of nitro benzene ring substituents is 1. The van der Waals surface area contributed by atoms with Crippen molar-refractivity contribution in [2.75, 3.05) is 17.7 Å². The van der Waals surface area contributed by atoms with Crippen molar-refractivity contribution in [2.24, 2.45) is 0 Å². The van der Waals surface area contributed by atoms with E-state index in [1.165, 1.54) is 17.0 Å². The van der Waals surface area contributed by atoms with Crippen LogP contribution in [0.2, 0.25) is 0 Å². The van der Waals surface area contributed by atoms with Gasteiger partial charge in [-0.1, -0.05) is 6.07 Å². The minimum atomic E-state index is -3.78. The summed E-state index contributed by atoms with van der Waals surface area (Å²) in [4.78, 5) is 22.7. The number of para-hydroxylation sites is 1. The van der Waals surface area contributed by atoms with Crippen LogP contribution < -0.4 is 4.90 Å². The molecule has 1 unspecified atom stereocenters. The standard InChI is InChI=1S/C12H14N2O6S/c1-21(19,20)10-6-2-4-8(11(10)14(17)18)13-7-3-5-9(13)12(15)16/h2,4,6,9H,3,5,7H2,1H3,(H,15,16). The molecule has 0 amide bonds. The molecular weight excluding hydrogens is 300 g/mol. The number of carboxylic acids is 1. The summed E-state index contributed by atoms with van der Waals surface area (Å²) in [6.45, 7) is 0.338. The molecule has 1 aromatic carbocycles. The normalized spacial score (nSPS) is 18.7. The Morgan fingerprint density at radius 2 is 2.14 bits per heavy atom. The van der Waals surface area contributed by atoms with Gasteiger partial charge in [-0.2, -0.15) is 0 Å². The lowest BCUT2D eigenvalue weighted by Gasteiger charge is -2.23. The molecule has 1 atom stereocenters. The molecule has 1 saturated heterocycles. The summed E-state index contributed by atoms with van der Waals surface area (Å²) < 4.78 is 23.4. The molecule has 1 aromatic rings. The van der Waals surface area contributed by atoms with Crippen LogP contribution in [0.3, 0.4) is 0 Å². The first-order valence-electron chi connectivity index (χ1n) is 6.20. The van der Waals surface area contributed by atoms with Crippen molar-refractivity contribution in [3.05, 3.63) is 28.3 Å². The van der Waals surface area contributed by atoms with Crippen molar-refractivity contribution in [2.45, 2.75) is 23.8 Å². The molecule has 0 aromatic heterocycles. The van der Waals surface area contributed by atoms with Crippen molar-refractivity contribution >= 4 is 27.2 Å². The van der Waals surface area contributed by atoms with Gasteiger partial charge in [-0.15, -0.1) is 0 Å². The van der Waals surface area contributed by atoms with Crippen LogP contribution in [-0.2, 0) is 14.6 Å². The average Bonchev–Trinajstić information content (AvgIpc) is 2.85. The number of nitro groups is 1. The topological polar surface area (TPSA) is 118 Å². The zero-order valence-electron chi connectivity index (χ0n) is 11.2. The Morgan fingerprint density at radius 3 is 2.67 bits per heavy atom. The molecule has 0 radical (unpaired) electrons. The van der Waals surface area contributed by atoms with Crippen molar-refractivity contribution in [1.82, 2.24) is 0 Å². The van der Waals surface area contributed by atoms with Crippen LogP contribution in [0.1, 0.15) is 12.8 Å². The van der Waals surface area contributed by atoms with Gasteiger partial charge in [0.15, 0.2) is 9.84 Å². The first-order chi connectivity index (χ1) is 9.73. The van der Waals surface area contributed by atoms with E-state index in [2.05, 4.69) is 0 Å². The summed E-state index contributed by atoms with van der Waals surface area (Å²) in [5.41, 5.74) is -0.527. The summed E-state index contributed by atoms with van der Waals surface area (Å²) in [6.07, 6.45) is 1.84. The summed E-state index contributed by atoms with van der Waals surface area (Å²) in [5, 5.41) is 20.5. The molecule has 1 aliphatic heterocycles. The fraction of sp³-hybridized carbons (Fsp3) is 0.417. The molecule has 0 saturated carbocycles. The van der Waals surface area contributed by atoms with E-state index in [0.717, 1.165) is 12.3 Å². The number of nitrogens with zero attached hydrogens (tertiary/aromatic N) is 2. The molecule has 1 heterocycles. The minimum absolute atomic E-state index is 0.0350. The fourth-order valence-electron chi connectivity index (χ4n) is 2.54. The summed E-state index contributed by atoms with van der Waals surface area (Å²) in [6, 6.07) is 3.05. The Kier molecular flexibility index (Phi) is 3.86. The number of anilines is 1. The van der Waals surface area contributed by atoms with Crippen LogP contribution in [0, 0.1) is 10.1 Å². The number of rotatable bonds is 4. The Morgan fingerprint density at radius 1 is 1.48 bits per heavy atom. The molecule has 0 bridgehead atoms. The van der Waals surface area contributed by atoms with E-state index < -0.39 is 37.4 Å². The van der Waals surface area contributed by atoms with E-state index in [0.29, 0.717) is 19.4 Å². The highest BCUT2D eigenvalue weighted by atomic mass is 32.2. The summed E-state index contributed by atoms with van der Waals surface area (Å²) in [7, 11) is -3.78. The Balaban J connectivity index is 2.64. The van der Waals surface area contributed by atoms with E-state index >= 15 is 0 Å². The Bertz CT molecular complexity index is 700. The van der Waals surface area contributed by atoms with E-state index in [1.54, 1.807) is 0 Å². The molecule has 21 heavy (non-hydrogen) atoms. The number of benzene rings is 1. The molecule has 1 fully saturated rings. The molecule has 8 nitrogen and oxygen atoms in total. The number of aliphatic carboxylic acids is 1. The van der Waals surface area contributed by atoms with Gasteiger partial charge in [0.05, 0.1) is 4.92 Å². The van der Waals surface area contributed by atoms with Gasteiger partial charge >= 0.3 is 11.7 Å². The van der Waals surface area contributed by atoms with E-state index in [1.807, 2.05) is 0 Å². The number of carboxylic acid groups (broad SMARTS) is 1. The molecule has 0 aliphatic carbocycles. The van der Waals surface area contributed by atoms with Gasteiger partial charge in [0, 0.05) is 12.8 Å². The second-order valence-corrected chi connectivity index (χ2v) is 6.83. The first kappa shape index (κ1) is 15.2. The molecule has 2 rings (SSSR count). The number of sulfone groups is 1.